The van der Waals surface area contributed by atoms with Crippen molar-refractivity contribution in [3.05, 3.63) is 47.0 Å². The van der Waals surface area contributed by atoms with Crippen LogP contribution in [0.5, 0.6) is 0 Å². The Kier molecular flexibility index (Phi) is 8.02. The van der Waals surface area contributed by atoms with Gasteiger partial charge in [-0.25, -0.2) is 9.07 Å². The Labute approximate surface area is 196 Å². The van der Waals surface area contributed by atoms with Gasteiger partial charge in [-0.05, 0) is 47.4 Å². The summed E-state index contributed by atoms with van der Waals surface area (Å²) in [6.07, 6.45) is 4.10. The van der Waals surface area contributed by atoms with Crippen LogP contribution in [0.4, 0.5) is 4.39 Å². The number of carboxylic acids is 1. The van der Waals surface area contributed by atoms with Gasteiger partial charge < -0.3 is 5.11 Å². The Morgan fingerprint density at radius 1 is 1.28 bits per heavy atom. The average Bonchev–Trinajstić information content (AvgIpc) is 3.50. The molecule has 2 unspecified atom stereocenters. The number of piperidine rings is 1. The maximum absolute atomic E-state index is 14.6. The number of tetrazole rings is 1. The van der Waals surface area contributed by atoms with Gasteiger partial charge in [0.15, 0.2) is 11.6 Å². The standard InChI is InChI=1S/C21H24FN5O3S.ClH/c22-16-4-2-1-3-15(16)20(21(30)13-5-6-13)26-9-7-17(31)14(12-26)11-18-23-24-25-27(18)10-8-19(28)29;/h1-4,11,13,17,20,31H,5-10,12H2,(H,28,29);1H/b14-11+;. The van der Waals surface area contributed by atoms with Crippen LogP contribution in [0.3, 0.4) is 0 Å². The van der Waals surface area contributed by atoms with Gasteiger partial charge in [-0.3, -0.25) is 14.5 Å². The molecule has 0 amide bonds. The fourth-order valence-corrected chi connectivity index (χ4v) is 4.19. The van der Waals surface area contributed by atoms with Crippen molar-refractivity contribution in [2.45, 2.75) is 43.5 Å². The molecule has 2 heterocycles. The molecule has 2 aromatic rings. The number of carbonyl (C=O) groups excluding carboxylic acids is 1. The number of nitrogens with zero attached hydrogens (tertiary/aromatic N) is 5. The molecule has 2 fully saturated rings. The molecule has 0 bridgehead atoms. The Morgan fingerprint density at radius 3 is 2.72 bits per heavy atom. The predicted octanol–water partition coefficient (Wildman–Crippen LogP) is 2.82. The van der Waals surface area contributed by atoms with Crippen LogP contribution in [-0.2, 0) is 16.1 Å². The van der Waals surface area contributed by atoms with Gasteiger partial charge >= 0.3 is 5.97 Å². The van der Waals surface area contributed by atoms with E-state index >= 15 is 0 Å². The normalized spacial score (nSPS) is 21.2. The Hall–Kier alpha value is -2.30. The maximum atomic E-state index is 14.6. The van der Waals surface area contributed by atoms with Crippen LogP contribution < -0.4 is 0 Å². The highest BCUT2D eigenvalue weighted by Gasteiger charge is 2.40. The van der Waals surface area contributed by atoms with E-state index in [0.717, 1.165) is 18.4 Å². The van der Waals surface area contributed by atoms with Crippen molar-refractivity contribution in [2.24, 2.45) is 5.92 Å². The number of hydrogen-bond acceptors (Lipinski definition) is 7. The van der Waals surface area contributed by atoms with Crippen LogP contribution in [-0.4, -0.2) is 60.3 Å². The van der Waals surface area contributed by atoms with Gasteiger partial charge in [-0.1, -0.05) is 18.2 Å². The van der Waals surface area contributed by atoms with Crippen molar-refractivity contribution in [2.75, 3.05) is 13.1 Å². The summed E-state index contributed by atoms with van der Waals surface area (Å²) in [7, 11) is 0. The van der Waals surface area contributed by atoms with Crippen LogP contribution in [0, 0.1) is 11.7 Å². The molecule has 0 radical (unpaired) electrons. The molecule has 2 atom stereocenters. The number of Topliss-reactive ketones (excluding diaryl/α,β-unsaturated/α-hetero) is 1. The third kappa shape index (κ3) is 5.54. The summed E-state index contributed by atoms with van der Waals surface area (Å²) in [5.41, 5.74) is 1.31. The van der Waals surface area contributed by atoms with E-state index in [1.807, 2.05) is 4.90 Å². The van der Waals surface area contributed by atoms with E-state index in [1.54, 1.807) is 24.3 Å². The van der Waals surface area contributed by atoms with E-state index in [2.05, 4.69) is 28.2 Å². The molecule has 1 saturated heterocycles. The number of aliphatic carboxylic acids is 1. The fraction of sp³-hybridized carbons (Fsp3) is 0.476. The van der Waals surface area contributed by atoms with Crippen LogP contribution >= 0.6 is 25.0 Å². The number of halogens is 2. The number of aryl methyl sites for hydroxylation is 1. The summed E-state index contributed by atoms with van der Waals surface area (Å²) >= 11 is 4.68. The molecule has 2 aliphatic rings. The van der Waals surface area contributed by atoms with Crippen molar-refractivity contribution < 1.29 is 19.1 Å². The van der Waals surface area contributed by atoms with E-state index in [0.29, 0.717) is 30.9 Å². The van der Waals surface area contributed by atoms with E-state index in [1.165, 1.54) is 10.7 Å². The molecule has 11 heteroatoms. The molecule has 172 valence electrons. The lowest BCUT2D eigenvalue weighted by molar-refractivity contribution is -0.137. The highest BCUT2D eigenvalue weighted by atomic mass is 35.5. The van der Waals surface area contributed by atoms with Crippen molar-refractivity contribution in [3.63, 3.8) is 0 Å². The minimum atomic E-state index is -0.934. The first-order valence-electron chi connectivity index (χ1n) is 10.3. The molecule has 32 heavy (non-hydrogen) atoms. The number of carbonyl (C=O) groups is 2. The minimum Gasteiger partial charge on any atom is -0.481 e. The summed E-state index contributed by atoms with van der Waals surface area (Å²) < 4.78 is 16.1. The highest BCUT2D eigenvalue weighted by Crippen LogP contribution is 2.39. The summed E-state index contributed by atoms with van der Waals surface area (Å²) in [4.78, 5) is 26.0. The topological polar surface area (TPSA) is 101 Å². The highest BCUT2D eigenvalue weighted by molar-refractivity contribution is 7.81. The van der Waals surface area contributed by atoms with Gasteiger partial charge in [-0.2, -0.15) is 12.6 Å². The van der Waals surface area contributed by atoms with Crippen molar-refractivity contribution in [1.29, 1.82) is 0 Å². The van der Waals surface area contributed by atoms with Crippen molar-refractivity contribution in [1.82, 2.24) is 25.1 Å². The third-order valence-corrected chi connectivity index (χ3v) is 6.32. The molecule has 1 aromatic carbocycles. The molecule has 1 N–H and O–H groups in total. The quantitative estimate of drug-likeness (QED) is 0.559. The number of rotatable bonds is 8. The molecule has 1 saturated carbocycles. The first kappa shape index (κ1) is 24.3. The molecule has 0 spiro atoms. The first-order chi connectivity index (χ1) is 14.9. The average molecular weight is 482 g/mol. The molecule has 8 nitrogen and oxygen atoms in total. The number of hydrogen-bond donors (Lipinski definition) is 2. The van der Waals surface area contributed by atoms with Crippen LogP contribution in [0.15, 0.2) is 29.8 Å². The van der Waals surface area contributed by atoms with E-state index < -0.39 is 12.0 Å². The van der Waals surface area contributed by atoms with Crippen LogP contribution in [0.25, 0.3) is 6.08 Å². The fourth-order valence-electron chi connectivity index (χ4n) is 3.91. The molecule has 4 rings (SSSR count). The second kappa shape index (κ2) is 10.5. The minimum absolute atomic E-state index is 0. The van der Waals surface area contributed by atoms with E-state index in [9.17, 15) is 14.0 Å². The van der Waals surface area contributed by atoms with Gasteiger partial charge in [0.25, 0.3) is 0 Å². The number of ketones is 1. The largest absolute Gasteiger partial charge is 0.481 e. The Balaban J connectivity index is 0.00000289. The zero-order valence-corrected chi connectivity index (χ0v) is 19.0. The molecular weight excluding hydrogens is 457 g/mol. The van der Waals surface area contributed by atoms with Gasteiger partial charge in [0.2, 0.25) is 0 Å². The molecule has 1 aromatic heterocycles. The van der Waals surface area contributed by atoms with Crippen molar-refractivity contribution >= 4 is 42.9 Å². The van der Waals surface area contributed by atoms with Gasteiger partial charge in [0.05, 0.1) is 19.0 Å². The van der Waals surface area contributed by atoms with E-state index in [-0.39, 0.29) is 48.1 Å². The number of thiol groups is 1. The maximum Gasteiger partial charge on any atom is 0.305 e. The second-order valence-electron chi connectivity index (χ2n) is 8.00. The first-order valence-corrected chi connectivity index (χ1v) is 10.8. The van der Waals surface area contributed by atoms with Gasteiger partial charge in [-0.15, -0.1) is 17.5 Å². The lowest BCUT2D eigenvalue weighted by atomic mass is 9.93. The number of carboxylic acid groups (broad SMARTS) is 1. The predicted molar refractivity (Wildman–Crippen MR) is 121 cm³/mol. The SMILES string of the molecule is Cl.O=C(O)CCn1nnnc1/C=C1\CN(C(C(=O)C2CC2)c2ccccc2F)CCC1S. The zero-order chi connectivity index (χ0) is 22.0. The molecule has 1 aliphatic carbocycles. The summed E-state index contributed by atoms with van der Waals surface area (Å²) in [5, 5.41) is 20.4. The lowest BCUT2D eigenvalue weighted by Gasteiger charge is -2.37. The Morgan fingerprint density at radius 2 is 2.03 bits per heavy atom. The van der Waals surface area contributed by atoms with E-state index in [4.69, 9.17) is 5.11 Å². The second-order valence-corrected chi connectivity index (χ2v) is 8.62. The van der Waals surface area contributed by atoms with Gasteiger partial charge in [0, 0.05) is 29.8 Å². The van der Waals surface area contributed by atoms with Gasteiger partial charge in [0.1, 0.15) is 5.82 Å². The monoisotopic (exact) mass is 481 g/mol. The third-order valence-electron chi connectivity index (χ3n) is 5.73. The number of aromatic nitrogens is 4. The zero-order valence-electron chi connectivity index (χ0n) is 17.3. The van der Waals surface area contributed by atoms with Crippen LogP contribution in [0.1, 0.15) is 43.1 Å². The number of benzene rings is 1. The molecule has 1 aliphatic heterocycles. The summed E-state index contributed by atoms with van der Waals surface area (Å²) in [6, 6.07) is 5.81. The summed E-state index contributed by atoms with van der Waals surface area (Å²) in [6.45, 7) is 1.20. The number of likely N-dealkylation sites (tertiary alicyclic amines) is 1. The van der Waals surface area contributed by atoms with Crippen molar-refractivity contribution in [3.8, 4) is 0 Å². The van der Waals surface area contributed by atoms with Crippen LogP contribution in [0.2, 0.25) is 0 Å². The molecular formula is C21H25ClFN5O3S. The summed E-state index contributed by atoms with van der Waals surface area (Å²) in [5.74, 6) is -0.815. The Bertz CT molecular complexity index is 1010. The lowest BCUT2D eigenvalue weighted by Crippen LogP contribution is -2.42. The smallest absolute Gasteiger partial charge is 0.305 e.